The molecule has 0 amide bonds. The highest BCUT2D eigenvalue weighted by atomic mass is 35.5. The van der Waals surface area contributed by atoms with Crippen molar-refractivity contribution in [2.24, 2.45) is 5.41 Å². The third kappa shape index (κ3) is 2.17. The van der Waals surface area contributed by atoms with Gasteiger partial charge in [0.1, 0.15) is 16.5 Å². The first-order valence-corrected chi connectivity index (χ1v) is 7.11. The molecule has 2 fully saturated rings. The van der Waals surface area contributed by atoms with E-state index >= 15 is 0 Å². The van der Waals surface area contributed by atoms with Gasteiger partial charge in [0.15, 0.2) is 0 Å². The predicted octanol–water partition coefficient (Wildman–Crippen LogP) is 3.47. The Morgan fingerprint density at radius 3 is 2.63 bits per heavy atom. The van der Waals surface area contributed by atoms with Crippen LogP contribution in [0.2, 0.25) is 10.2 Å². The van der Waals surface area contributed by atoms with Gasteiger partial charge in [0, 0.05) is 13.1 Å². The minimum atomic E-state index is -1.06. The van der Waals surface area contributed by atoms with Gasteiger partial charge in [-0.1, -0.05) is 29.6 Å². The minimum absolute atomic E-state index is 0.0578. The van der Waals surface area contributed by atoms with E-state index in [4.69, 9.17) is 23.2 Å². The van der Waals surface area contributed by atoms with E-state index in [1.54, 1.807) is 0 Å². The lowest BCUT2D eigenvalue weighted by Crippen LogP contribution is -2.34. The third-order valence-electron chi connectivity index (χ3n) is 4.29. The van der Waals surface area contributed by atoms with Crippen molar-refractivity contribution < 1.29 is 9.90 Å². The molecular formula is C13H14Cl2N2O2. The van der Waals surface area contributed by atoms with Gasteiger partial charge in [0.25, 0.3) is 0 Å². The van der Waals surface area contributed by atoms with Crippen LogP contribution in [0.4, 0.5) is 5.82 Å². The molecule has 19 heavy (non-hydrogen) atoms. The van der Waals surface area contributed by atoms with Gasteiger partial charge < -0.3 is 10.0 Å². The summed E-state index contributed by atoms with van der Waals surface area (Å²) in [5.41, 5.74) is 0.425. The SMILES string of the molecule is O=C(O)c1c(Cl)cc(Cl)nc1N1CCC2(CCC2)C1. The second kappa shape index (κ2) is 4.53. The van der Waals surface area contributed by atoms with Gasteiger partial charge in [-0.2, -0.15) is 0 Å². The second-order valence-corrected chi connectivity index (χ2v) is 6.25. The first-order chi connectivity index (χ1) is 9.01. The number of halogens is 2. The van der Waals surface area contributed by atoms with Crippen LogP contribution in [0.15, 0.2) is 6.07 Å². The number of nitrogens with zero attached hydrogens (tertiary/aromatic N) is 2. The van der Waals surface area contributed by atoms with Crippen LogP contribution < -0.4 is 4.90 Å². The maximum Gasteiger partial charge on any atom is 0.341 e. The Bertz CT molecular complexity index is 544. The first-order valence-electron chi connectivity index (χ1n) is 6.35. The molecule has 1 aromatic heterocycles. The standard InChI is InChI=1S/C13H14Cl2N2O2/c14-8-6-9(15)16-11(10(8)12(18)19)17-5-4-13(7-17)2-1-3-13/h6H,1-5,7H2,(H,18,19). The molecule has 4 nitrogen and oxygen atoms in total. The molecule has 0 radical (unpaired) electrons. The van der Waals surface area contributed by atoms with Crippen LogP contribution in [0.1, 0.15) is 36.0 Å². The number of anilines is 1. The van der Waals surface area contributed by atoms with Gasteiger partial charge in [0.2, 0.25) is 0 Å². The average Bonchev–Trinajstić information content (AvgIpc) is 2.71. The van der Waals surface area contributed by atoms with Crippen LogP contribution in [-0.4, -0.2) is 29.1 Å². The molecule has 3 rings (SSSR count). The van der Waals surface area contributed by atoms with E-state index in [1.165, 1.54) is 25.3 Å². The summed E-state index contributed by atoms with van der Waals surface area (Å²) >= 11 is 11.9. The average molecular weight is 301 g/mol. The van der Waals surface area contributed by atoms with E-state index in [0.29, 0.717) is 11.2 Å². The largest absolute Gasteiger partial charge is 0.478 e. The molecule has 1 saturated carbocycles. The van der Waals surface area contributed by atoms with E-state index in [1.807, 2.05) is 4.90 Å². The Balaban J connectivity index is 1.98. The molecule has 0 atom stereocenters. The molecule has 0 aromatic carbocycles. The molecule has 2 heterocycles. The molecule has 102 valence electrons. The van der Waals surface area contributed by atoms with Crippen molar-refractivity contribution in [2.45, 2.75) is 25.7 Å². The Morgan fingerprint density at radius 1 is 1.37 bits per heavy atom. The maximum absolute atomic E-state index is 11.4. The highest BCUT2D eigenvalue weighted by molar-refractivity contribution is 6.36. The molecule has 6 heteroatoms. The number of aromatic carboxylic acids is 1. The second-order valence-electron chi connectivity index (χ2n) is 5.46. The van der Waals surface area contributed by atoms with Gasteiger partial charge >= 0.3 is 5.97 Å². The quantitative estimate of drug-likeness (QED) is 0.850. The van der Waals surface area contributed by atoms with Crippen LogP contribution in [0.5, 0.6) is 0 Å². The fourth-order valence-corrected chi connectivity index (χ4v) is 3.61. The number of hydrogen-bond acceptors (Lipinski definition) is 3. The van der Waals surface area contributed by atoms with Gasteiger partial charge in [0.05, 0.1) is 5.02 Å². The Kier molecular flexibility index (Phi) is 3.10. The summed E-state index contributed by atoms with van der Waals surface area (Å²) in [6, 6.07) is 1.38. The zero-order chi connectivity index (χ0) is 13.6. The smallest absolute Gasteiger partial charge is 0.341 e. The molecule has 1 saturated heterocycles. The van der Waals surface area contributed by atoms with Gasteiger partial charge in [-0.05, 0) is 30.7 Å². The fourth-order valence-electron chi connectivity index (χ4n) is 3.10. The summed E-state index contributed by atoms with van der Waals surface area (Å²) in [4.78, 5) is 17.6. The number of hydrogen-bond donors (Lipinski definition) is 1. The normalized spacial score (nSPS) is 20.6. The Labute approximate surface area is 121 Å². The van der Waals surface area contributed by atoms with Gasteiger partial charge in [-0.15, -0.1) is 0 Å². The molecule has 0 unspecified atom stereocenters. The van der Waals surface area contributed by atoms with Crippen molar-refractivity contribution in [2.75, 3.05) is 18.0 Å². The lowest BCUT2D eigenvalue weighted by atomic mass is 9.68. The predicted molar refractivity (Wildman–Crippen MR) is 74.3 cm³/mol. The van der Waals surface area contributed by atoms with Crippen molar-refractivity contribution in [3.05, 3.63) is 21.8 Å². The fraction of sp³-hybridized carbons (Fsp3) is 0.538. The van der Waals surface area contributed by atoms with Crippen molar-refractivity contribution in [3.8, 4) is 0 Å². The maximum atomic E-state index is 11.4. The van der Waals surface area contributed by atoms with E-state index in [0.717, 1.165) is 19.5 Å². The molecular weight excluding hydrogens is 287 g/mol. The number of pyridine rings is 1. The molecule has 1 aromatic rings. The summed E-state index contributed by atoms with van der Waals surface area (Å²) in [7, 11) is 0. The molecule has 0 bridgehead atoms. The zero-order valence-electron chi connectivity index (χ0n) is 10.3. The number of aromatic nitrogens is 1. The van der Waals surface area contributed by atoms with Crippen LogP contribution in [-0.2, 0) is 0 Å². The topological polar surface area (TPSA) is 53.4 Å². The first kappa shape index (κ1) is 13.0. The molecule has 1 aliphatic heterocycles. The number of rotatable bonds is 2. The molecule has 1 spiro atoms. The van der Waals surface area contributed by atoms with Crippen LogP contribution in [0.25, 0.3) is 0 Å². The van der Waals surface area contributed by atoms with Crippen molar-refractivity contribution >= 4 is 35.0 Å². The third-order valence-corrected chi connectivity index (χ3v) is 4.78. The highest BCUT2D eigenvalue weighted by Crippen LogP contribution is 2.49. The van der Waals surface area contributed by atoms with Crippen LogP contribution in [0, 0.1) is 5.41 Å². The highest BCUT2D eigenvalue weighted by Gasteiger charge is 2.44. The van der Waals surface area contributed by atoms with Crippen molar-refractivity contribution in [1.29, 1.82) is 0 Å². The summed E-state index contributed by atoms with van der Waals surface area (Å²) in [5.74, 6) is -0.646. The molecule has 1 N–H and O–H groups in total. The summed E-state index contributed by atoms with van der Waals surface area (Å²) in [5, 5.41) is 9.69. The number of carboxylic acids is 1. The Morgan fingerprint density at radius 2 is 2.11 bits per heavy atom. The van der Waals surface area contributed by atoms with E-state index in [-0.39, 0.29) is 15.7 Å². The van der Waals surface area contributed by atoms with Crippen molar-refractivity contribution in [1.82, 2.24) is 4.98 Å². The van der Waals surface area contributed by atoms with E-state index in [9.17, 15) is 9.90 Å². The summed E-state index contributed by atoms with van der Waals surface area (Å²) in [6.07, 6.45) is 4.81. The summed E-state index contributed by atoms with van der Waals surface area (Å²) in [6.45, 7) is 1.68. The summed E-state index contributed by atoms with van der Waals surface area (Å²) < 4.78 is 0. The van der Waals surface area contributed by atoms with E-state index in [2.05, 4.69) is 4.98 Å². The lowest BCUT2D eigenvalue weighted by Gasteiger charge is -2.38. The number of carbonyl (C=O) groups is 1. The zero-order valence-corrected chi connectivity index (χ0v) is 11.8. The van der Waals surface area contributed by atoms with Crippen molar-refractivity contribution in [3.63, 3.8) is 0 Å². The van der Waals surface area contributed by atoms with Crippen LogP contribution in [0.3, 0.4) is 0 Å². The van der Waals surface area contributed by atoms with E-state index < -0.39 is 5.97 Å². The minimum Gasteiger partial charge on any atom is -0.478 e. The lowest BCUT2D eigenvalue weighted by molar-refractivity contribution is 0.0697. The Hall–Kier alpha value is -1.00. The van der Waals surface area contributed by atoms with Crippen LogP contribution >= 0.6 is 23.2 Å². The van der Waals surface area contributed by atoms with Gasteiger partial charge in [-0.3, -0.25) is 0 Å². The molecule has 1 aliphatic carbocycles. The number of carboxylic acid groups (broad SMARTS) is 1. The monoisotopic (exact) mass is 300 g/mol. The van der Waals surface area contributed by atoms with Gasteiger partial charge in [-0.25, -0.2) is 9.78 Å². The molecule has 2 aliphatic rings.